The van der Waals surface area contributed by atoms with Gasteiger partial charge in [-0.25, -0.2) is 0 Å². The number of aliphatic hydroxyl groups excluding tert-OH is 2. The van der Waals surface area contributed by atoms with Gasteiger partial charge in [0.25, 0.3) is 0 Å². The maximum Gasteiger partial charge on any atom is 0.228 e. The highest BCUT2D eigenvalue weighted by molar-refractivity contribution is 4.92. The third-order valence-corrected chi connectivity index (χ3v) is 8.26. The maximum absolute atomic E-state index is 10.9. The summed E-state index contributed by atoms with van der Waals surface area (Å²) >= 11 is 0. The van der Waals surface area contributed by atoms with Gasteiger partial charge in [-0.2, -0.15) is 0 Å². The lowest BCUT2D eigenvalue weighted by molar-refractivity contribution is -0.304. The molecule has 0 aromatic carbocycles. The number of allylic oxidation sites excluding steroid dienone is 1. The zero-order valence-corrected chi connectivity index (χ0v) is 27.2. The van der Waals surface area contributed by atoms with Crippen LogP contribution in [-0.2, 0) is 18.9 Å². The number of hydrogen-bond donors (Lipinski definition) is 2. The number of unbranched alkanes of at least 4 members (excludes halogenated alkanes) is 20. The van der Waals surface area contributed by atoms with E-state index in [9.17, 15) is 10.2 Å². The van der Waals surface area contributed by atoms with Crippen molar-refractivity contribution in [2.24, 2.45) is 0 Å². The fraction of sp³-hybridized carbons (Fsp3) is 0.943. The number of aliphatic hydroxyl groups is 2. The van der Waals surface area contributed by atoms with Gasteiger partial charge in [0.1, 0.15) is 24.4 Å². The Hall–Kier alpha value is -0.660. The normalized spacial score (nSPS) is 23.0. The van der Waals surface area contributed by atoms with Gasteiger partial charge in [0.05, 0.1) is 12.9 Å². The Bertz CT molecular complexity index is 571. The van der Waals surface area contributed by atoms with Crippen LogP contribution in [0.4, 0.5) is 0 Å². The van der Waals surface area contributed by atoms with Gasteiger partial charge >= 0.3 is 0 Å². The molecule has 2 N–H and O–H groups in total. The van der Waals surface area contributed by atoms with Crippen LogP contribution in [-0.4, -0.2) is 60.7 Å². The molecule has 5 atom stereocenters. The van der Waals surface area contributed by atoms with Crippen LogP contribution >= 0.6 is 0 Å². The highest BCUT2D eigenvalue weighted by Crippen LogP contribution is 2.28. The second-order valence-electron chi connectivity index (χ2n) is 12.1. The molecule has 1 aliphatic rings. The van der Waals surface area contributed by atoms with Crippen molar-refractivity contribution in [1.29, 1.82) is 0 Å². The highest BCUT2D eigenvalue weighted by Gasteiger charge is 2.47. The van der Waals surface area contributed by atoms with E-state index in [-0.39, 0.29) is 6.61 Å². The van der Waals surface area contributed by atoms with E-state index < -0.39 is 30.7 Å². The second kappa shape index (κ2) is 28.1. The minimum Gasteiger partial charge on any atom is -0.470 e. The molecule has 1 heterocycles. The van der Waals surface area contributed by atoms with Crippen LogP contribution in [0.1, 0.15) is 162 Å². The molecule has 1 rings (SSSR count). The fourth-order valence-corrected chi connectivity index (χ4v) is 5.65. The van der Waals surface area contributed by atoms with Crippen LogP contribution in [0.25, 0.3) is 0 Å². The summed E-state index contributed by atoms with van der Waals surface area (Å²) < 4.78 is 24.2. The number of hydrogen-bond acceptors (Lipinski definition) is 6. The van der Waals surface area contributed by atoms with Crippen molar-refractivity contribution in [2.75, 3.05) is 19.8 Å². The first-order valence-electron chi connectivity index (χ1n) is 17.6. The van der Waals surface area contributed by atoms with E-state index in [2.05, 4.69) is 13.8 Å². The lowest BCUT2D eigenvalue weighted by atomic mass is 9.98. The highest BCUT2D eigenvalue weighted by atomic mass is 16.7. The van der Waals surface area contributed by atoms with Gasteiger partial charge in [0, 0.05) is 13.2 Å². The van der Waals surface area contributed by atoms with Crippen LogP contribution in [0.5, 0.6) is 0 Å². The molecular formula is C35H68O6. The van der Waals surface area contributed by atoms with Gasteiger partial charge in [0.2, 0.25) is 6.29 Å². The summed E-state index contributed by atoms with van der Waals surface area (Å²) in [5.74, 6) is 0. The number of rotatable bonds is 29. The molecule has 244 valence electrons. The summed E-state index contributed by atoms with van der Waals surface area (Å²) in [6.45, 7) is 7.26. The Labute approximate surface area is 253 Å². The third kappa shape index (κ3) is 19.3. The lowest BCUT2D eigenvalue weighted by Crippen LogP contribution is -2.60. The molecule has 0 aromatic heterocycles. The van der Waals surface area contributed by atoms with E-state index in [1.807, 2.05) is 6.92 Å². The summed E-state index contributed by atoms with van der Waals surface area (Å²) in [6.07, 6.45) is 28.0. The quantitative estimate of drug-likeness (QED) is 0.0675. The zero-order valence-electron chi connectivity index (χ0n) is 27.2. The Morgan fingerprint density at radius 2 is 0.976 bits per heavy atom. The van der Waals surface area contributed by atoms with Gasteiger partial charge in [-0.1, -0.05) is 148 Å². The summed E-state index contributed by atoms with van der Waals surface area (Å²) in [7, 11) is 0. The van der Waals surface area contributed by atoms with Crippen LogP contribution in [0.3, 0.4) is 0 Å². The molecule has 0 bridgehead atoms. The van der Waals surface area contributed by atoms with Crippen molar-refractivity contribution < 1.29 is 29.2 Å². The fourth-order valence-electron chi connectivity index (χ4n) is 5.65. The smallest absolute Gasteiger partial charge is 0.228 e. The molecule has 0 amide bonds. The van der Waals surface area contributed by atoms with Crippen LogP contribution < -0.4 is 0 Å². The van der Waals surface area contributed by atoms with Crippen LogP contribution in [0.15, 0.2) is 12.3 Å². The van der Waals surface area contributed by atoms with Gasteiger partial charge in [0.15, 0.2) is 0 Å². The van der Waals surface area contributed by atoms with E-state index in [0.717, 1.165) is 25.7 Å². The largest absolute Gasteiger partial charge is 0.470 e. The standard InChI is InChI=1S/C35H68O6/c1-4-7-9-11-13-15-17-18-20-22-24-26-29-39-34-33(32(37)31(30-36)41-35(34)40-27-6-3)38-28-25-23-21-19-16-14-12-10-8-5-2/h6,27,31-37H,4-5,7-26,28-30H2,1-3H3/b27-6+/t31-,32-,33+,34-,35+/m1/s1. The van der Waals surface area contributed by atoms with Crippen molar-refractivity contribution >= 4 is 0 Å². The van der Waals surface area contributed by atoms with Gasteiger partial charge in [-0.15, -0.1) is 0 Å². The van der Waals surface area contributed by atoms with Gasteiger partial charge < -0.3 is 29.2 Å². The van der Waals surface area contributed by atoms with Crippen molar-refractivity contribution in [3.8, 4) is 0 Å². The van der Waals surface area contributed by atoms with Gasteiger partial charge in [-0.05, 0) is 19.8 Å². The summed E-state index contributed by atoms with van der Waals surface area (Å²) in [6, 6.07) is 0. The minimum absolute atomic E-state index is 0.291. The van der Waals surface area contributed by atoms with E-state index in [0.29, 0.717) is 13.2 Å². The summed E-state index contributed by atoms with van der Waals surface area (Å²) in [4.78, 5) is 0. The second-order valence-corrected chi connectivity index (χ2v) is 12.1. The maximum atomic E-state index is 10.9. The first kappa shape index (κ1) is 38.4. The topological polar surface area (TPSA) is 77.4 Å². The molecule has 1 fully saturated rings. The Morgan fingerprint density at radius 1 is 0.585 bits per heavy atom. The summed E-state index contributed by atoms with van der Waals surface area (Å²) in [5, 5.41) is 20.8. The van der Waals surface area contributed by atoms with Crippen molar-refractivity contribution in [2.45, 2.75) is 193 Å². The first-order valence-corrected chi connectivity index (χ1v) is 17.6. The average Bonchev–Trinajstić information content (AvgIpc) is 2.98. The van der Waals surface area contributed by atoms with Crippen molar-refractivity contribution in [3.05, 3.63) is 12.3 Å². The lowest BCUT2D eigenvalue weighted by Gasteiger charge is -2.43. The zero-order chi connectivity index (χ0) is 29.8. The molecule has 41 heavy (non-hydrogen) atoms. The SMILES string of the molecule is C/C=C/O[C@H]1O[C@H](CO)[C@@H](O)[C@H](OCCCCCCCCCCCC)[C@H]1OCCCCCCCCCCCCCC. The summed E-state index contributed by atoms with van der Waals surface area (Å²) in [5.41, 5.74) is 0. The molecule has 0 radical (unpaired) electrons. The van der Waals surface area contributed by atoms with Crippen LogP contribution in [0.2, 0.25) is 0 Å². The van der Waals surface area contributed by atoms with E-state index in [1.165, 1.54) is 116 Å². The molecule has 0 aliphatic carbocycles. The predicted molar refractivity (Wildman–Crippen MR) is 170 cm³/mol. The van der Waals surface area contributed by atoms with E-state index in [4.69, 9.17) is 18.9 Å². The Kier molecular flexibility index (Phi) is 26.3. The third-order valence-electron chi connectivity index (χ3n) is 8.26. The molecule has 6 heteroatoms. The molecule has 0 spiro atoms. The Morgan fingerprint density at radius 3 is 1.37 bits per heavy atom. The predicted octanol–water partition coefficient (Wildman–Crippen LogP) is 9.01. The van der Waals surface area contributed by atoms with Crippen molar-refractivity contribution in [3.63, 3.8) is 0 Å². The molecule has 0 saturated carbocycles. The number of ether oxygens (including phenoxy) is 4. The molecule has 1 aliphatic heterocycles. The molecule has 0 unspecified atom stereocenters. The average molecular weight is 585 g/mol. The molecule has 1 saturated heterocycles. The molecule has 6 nitrogen and oxygen atoms in total. The van der Waals surface area contributed by atoms with Crippen molar-refractivity contribution in [1.82, 2.24) is 0 Å². The monoisotopic (exact) mass is 585 g/mol. The molecular weight excluding hydrogens is 516 g/mol. The minimum atomic E-state index is -0.958. The molecule has 0 aromatic rings. The van der Waals surface area contributed by atoms with E-state index in [1.54, 1.807) is 12.3 Å². The Balaban J connectivity index is 2.36. The van der Waals surface area contributed by atoms with Gasteiger partial charge in [-0.3, -0.25) is 0 Å². The first-order chi connectivity index (χ1) is 20.2. The van der Waals surface area contributed by atoms with Crippen LogP contribution in [0, 0.1) is 0 Å². The van der Waals surface area contributed by atoms with E-state index >= 15 is 0 Å².